The summed E-state index contributed by atoms with van der Waals surface area (Å²) in [7, 11) is 7.00. The van der Waals surface area contributed by atoms with Gasteiger partial charge in [-0.2, -0.15) is 0 Å². The fraction of sp³-hybridized carbons (Fsp3) is 0.535. The Kier molecular flexibility index (Phi) is 8.12. The van der Waals surface area contributed by atoms with Crippen LogP contribution in [0.15, 0.2) is 48.0 Å². The second-order valence-corrected chi connectivity index (χ2v) is 16.3. The van der Waals surface area contributed by atoms with Gasteiger partial charge in [0.25, 0.3) is 0 Å². The average molecular weight is 705 g/mol. The van der Waals surface area contributed by atoms with E-state index in [1.165, 1.54) is 41.3 Å². The average Bonchev–Trinajstić information content (AvgIpc) is 3.70. The van der Waals surface area contributed by atoms with Gasteiger partial charge in [0.1, 0.15) is 11.2 Å². The van der Waals surface area contributed by atoms with Crippen molar-refractivity contribution in [2.75, 3.05) is 48.0 Å². The molecule has 0 amide bonds. The standard InChI is InChI=1S/C43H52N4O5/c1-7-24-17-23-20-43(42(49)52-6)39-27(15-16-47(21-23)40(24)43)35-32(45-39)13-14-34(50-4)37(35)30-18-28-25(8-2)22-46(3)33(36(28)41(48)51-5)19-29-26-11-9-10-12-31(26)44-38(29)30/h8-14,23-24,28,30,33,36,40,44-45H,7,15-22H2,1-6H3/b25-8-/t23-,24+,28+,30-,33+,36+,40+,43-/m1/s1. The summed E-state index contributed by atoms with van der Waals surface area (Å²) in [5.41, 5.74) is 8.48. The summed E-state index contributed by atoms with van der Waals surface area (Å²) in [5.74, 6) is 1.00. The predicted octanol–water partition coefficient (Wildman–Crippen LogP) is 6.49. The maximum atomic E-state index is 14.4. The number of likely N-dealkylation sites (tertiary alicyclic amines) is 1. The second-order valence-electron chi connectivity index (χ2n) is 16.3. The van der Waals surface area contributed by atoms with E-state index in [1.807, 2.05) is 0 Å². The summed E-state index contributed by atoms with van der Waals surface area (Å²) in [6.07, 6.45) is 7.52. The first kappa shape index (κ1) is 33.7. The van der Waals surface area contributed by atoms with Crippen molar-refractivity contribution in [3.05, 3.63) is 76.1 Å². The summed E-state index contributed by atoms with van der Waals surface area (Å²) in [6.45, 7) is 7.13. The SMILES string of the molecule is C/C=C1/CN(C)[C@H]2Cc3c([nH]c4ccccc34)[C@@H](c3c(OC)ccc4[nH]c5c(c34)CCN3C[C@@H]4C[C@H](CC)[C@H]3[C@@]5(C(=O)OC)C4)C[C@@H]1[C@@H]2C(=O)OC. The van der Waals surface area contributed by atoms with Crippen LogP contribution in [0.1, 0.15) is 73.5 Å². The molecule has 274 valence electrons. The molecule has 6 aliphatic rings. The first-order valence-corrected chi connectivity index (χ1v) is 19.3. The van der Waals surface area contributed by atoms with E-state index in [-0.39, 0.29) is 41.8 Å². The Morgan fingerprint density at radius 1 is 1.02 bits per heavy atom. The number of hydrogen-bond donors (Lipinski definition) is 2. The number of fused-ring (bicyclic) bond motifs is 9. The molecule has 2 aliphatic carbocycles. The summed E-state index contributed by atoms with van der Waals surface area (Å²) in [5, 5.41) is 2.35. The number of hydrogen-bond acceptors (Lipinski definition) is 7. The van der Waals surface area contributed by atoms with Crippen LogP contribution in [0.4, 0.5) is 0 Å². The molecule has 6 bridgehead atoms. The van der Waals surface area contributed by atoms with Crippen molar-refractivity contribution in [2.45, 2.75) is 75.8 Å². The number of rotatable bonds is 5. The van der Waals surface area contributed by atoms with Gasteiger partial charge in [0.05, 0.1) is 27.2 Å². The minimum absolute atomic E-state index is 0.00327. The molecule has 4 aromatic rings. The summed E-state index contributed by atoms with van der Waals surface area (Å²) in [6, 6.07) is 12.9. The molecule has 2 aromatic heterocycles. The number of aromatic nitrogens is 2. The third kappa shape index (κ3) is 4.60. The van der Waals surface area contributed by atoms with E-state index < -0.39 is 5.41 Å². The van der Waals surface area contributed by atoms with E-state index in [1.54, 1.807) is 14.2 Å². The first-order chi connectivity index (χ1) is 25.3. The lowest BCUT2D eigenvalue weighted by molar-refractivity contribution is -0.162. The minimum atomic E-state index is -0.756. The number of aromatic amines is 2. The Morgan fingerprint density at radius 3 is 2.60 bits per heavy atom. The molecule has 0 spiro atoms. The maximum Gasteiger partial charge on any atom is 0.319 e. The van der Waals surface area contributed by atoms with E-state index in [0.717, 1.165) is 85.2 Å². The Bertz CT molecular complexity index is 2110. The highest BCUT2D eigenvalue weighted by Gasteiger charge is 2.63. The van der Waals surface area contributed by atoms with Crippen molar-refractivity contribution < 1.29 is 23.8 Å². The predicted molar refractivity (Wildman–Crippen MR) is 202 cm³/mol. The van der Waals surface area contributed by atoms with Gasteiger partial charge in [0, 0.05) is 76.4 Å². The third-order valence-electron chi connectivity index (χ3n) is 14.2. The zero-order valence-corrected chi connectivity index (χ0v) is 31.4. The summed E-state index contributed by atoms with van der Waals surface area (Å²) in [4.78, 5) is 41.1. The molecule has 0 radical (unpaired) electrons. The molecule has 2 N–H and O–H groups in total. The number of nitrogens with one attached hydrogen (secondary N) is 2. The zero-order valence-electron chi connectivity index (χ0n) is 31.4. The number of likely N-dealkylation sites (N-methyl/N-ethyl adjacent to an activating group) is 1. The number of H-pyrrole nitrogens is 2. The molecule has 52 heavy (non-hydrogen) atoms. The van der Waals surface area contributed by atoms with Crippen LogP contribution in [0.2, 0.25) is 0 Å². The Morgan fingerprint density at radius 2 is 1.85 bits per heavy atom. The van der Waals surface area contributed by atoms with Gasteiger partial charge in [-0.3, -0.25) is 19.4 Å². The number of piperidine rings is 3. The van der Waals surface area contributed by atoms with Crippen molar-refractivity contribution in [1.82, 2.24) is 19.8 Å². The number of para-hydroxylation sites is 1. The number of ether oxygens (including phenoxy) is 3. The molecule has 4 fully saturated rings. The first-order valence-electron chi connectivity index (χ1n) is 19.3. The normalized spacial score (nSPS) is 33.2. The Labute approximate surface area is 306 Å². The smallest absolute Gasteiger partial charge is 0.319 e. The molecule has 1 saturated carbocycles. The number of benzene rings is 2. The van der Waals surface area contributed by atoms with E-state index in [9.17, 15) is 9.59 Å². The molecule has 6 heterocycles. The van der Waals surface area contributed by atoms with Gasteiger partial charge in [0.15, 0.2) is 0 Å². The van der Waals surface area contributed by atoms with Crippen LogP contribution in [-0.4, -0.2) is 91.8 Å². The molecule has 4 aliphatic heterocycles. The topological polar surface area (TPSA) is 99.9 Å². The van der Waals surface area contributed by atoms with Crippen LogP contribution in [0.3, 0.4) is 0 Å². The van der Waals surface area contributed by atoms with Crippen LogP contribution in [0, 0.1) is 23.7 Å². The van der Waals surface area contributed by atoms with Crippen molar-refractivity contribution >= 4 is 33.7 Å². The van der Waals surface area contributed by atoms with Crippen LogP contribution in [-0.2, 0) is 37.3 Å². The number of esters is 2. The van der Waals surface area contributed by atoms with E-state index in [4.69, 9.17) is 14.2 Å². The number of carbonyl (C=O) groups excluding carboxylic acids is 2. The van der Waals surface area contributed by atoms with Gasteiger partial charge >= 0.3 is 11.9 Å². The van der Waals surface area contributed by atoms with Gasteiger partial charge in [-0.05, 0) is 93.2 Å². The number of allylic oxidation sites excluding steroid dienone is 1. The lowest BCUT2D eigenvalue weighted by Gasteiger charge is -2.57. The van der Waals surface area contributed by atoms with Gasteiger partial charge in [-0.15, -0.1) is 0 Å². The molecule has 9 heteroatoms. The van der Waals surface area contributed by atoms with E-state index >= 15 is 0 Å². The van der Waals surface area contributed by atoms with Crippen molar-refractivity contribution in [3.63, 3.8) is 0 Å². The summed E-state index contributed by atoms with van der Waals surface area (Å²) >= 11 is 0. The molecule has 2 aromatic carbocycles. The van der Waals surface area contributed by atoms with Gasteiger partial charge < -0.3 is 24.2 Å². The van der Waals surface area contributed by atoms with Crippen molar-refractivity contribution in [2.24, 2.45) is 23.7 Å². The van der Waals surface area contributed by atoms with Gasteiger partial charge in [-0.25, -0.2) is 0 Å². The molecule has 9 atom stereocenters. The maximum absolute atomic E-state index is 14.4. The molecular formula is C43H52N4O5. The number of nitrogens with zero attached hydrogens (tertiary/aromatic N) is 2. The molecule has 1 unspecified atom stereocenters. The van der Waals surface area contributed by atoms with Crippen molar-refractivity contribution in [1.29, 1.82) is 0 Å². The van der Waals surface area contributed by atoms with Gasteiger partial charge in [-0.1, -0.05) is 43.2 Å². The lowest BCUT2D eigenvalue weighted by atomic mass is 9.56. The second kappa shape index (κ2) is 12.5. The number of methoxy groups -OCH3 is 3. The molecule has 9 nitrogen and oxygen atoms in total. The molecule has 3 saturated heterocycles. The molecule has 10 rings (SSSR count). The third-order valence-corrected chi connectivity index (χ3v) is 14.2. The van der Waals surface area contributed by atoms with Crippen LogP contribution in [0.25, 0.3) is 21.8 Å². The number of carbonyl (C=O) groups is 2. The largest absolute Gasteiger partial charge is 0.496 e. The summed E-state index contributed by atoms with van der Waals surface area (Å²) < 4.78 is 17.7. The Hall–Kier alpha value is -4.08. The van der Waals surface area contributed by atoms with E-state index in [0.29, 0.717) is 11.8 Å². The fourth-order valence-electron chi connectivity index (χ4n) is 12.2. The van der Waals surface area contributed by atoms with Gasteiger partial charge in [0.2, 0.25) is 0 Å². The van der Waals surface area contributed by atoms with E-state index in [2.05, 4.69) is 83.1 Å². The van der Waals surface area contributed by atoms with Crippen LogP contribution >= 0.6 is 0 Å². The highest BCUT2D eigenvalue weighted by atomic mass is 16.5. The Balaban J connectivity index is 1.34. The molecular weight excluding hydrogens is 652 g/mol. The highest BCUT2D eigenvalue weighted by Crippen LogP contribution is 2.57. The zero-order chi connectivity index (χ0) is 36.1. The van der Waals surface area contributed by atoms with Crippen LogP contribution in [0.5, 0.6) is 5.75 Å². The quantitative estimate of drug-likeness (QED) is 0.181. The minimum Gasteiger partial charge on any atom is -0.496 e. The highest BCUT2D eigenvalue weighted by molar-refractivity contribution is 5.96. The lowest BCUT2D eigenvalue weighted by Crippen LogP contribution is -2.67. The fourth-order valence-corrected chi connectivity index (χ4v) is 12.2. The van der Waals surface area contributed by atoms with Crippen molar-refractivity contribution in [3.8, 4) is 5.75 Å². The monoisotopic (exact) mass is 704 g/mol. The van der Waals surface area contributed by atoms with Crippen LogP contribution < -0.4 is 4.74 Å².